The molecule has 4 nitrogen and oxygen atoms in total. The third-order valence-electron chi connectivity index (χ3n) is 2.90. The standard InChI is InChI=1S/C12H15NO3/c1-15-10-5-2-4-9(8-10)12(13)6-3-7-16-11(12)14/h2,4-5,8H,3,6-7,13H2,1H3/t12-/m0/s1. The third kappa shape index (κ3) is 1.76. The van der Waals surface area contributed by atoms with Crippen molar-refractivity contribution in [3.63, 3.8) is 0 Å². The first-order valence-electron chi connectivity index (χ1n) is 5.27. The van der Waals surface area contributed by atoms with Gasteiger partial charge in [0.1, 0.15) is 11.3 Å². The molecule has 0 bridgehead atoms. The summed E-state index contributed by atoms with van der Waals surface area (Å²) in [5.74, 6) is 0.340. The van der Waals surface area contributed by atoms with Gasteiger partial charge in [-0.1, -0.05) is 12.1 Å². The molecule has 0 radical (unpaired) electrons. The van der Waals surface area contributed by atoms with Crippen molar-refractivity contribution in [1.82, 2.24) is 0 Å². The third-order valence-corrected chi connectivity index (χ3v) is 2.90. The van der Waals surface area contributed by atoms with Crippen LogP contribution >= 0.6 is 0 Å². The normalized spacial score (nSPS) is 25.0. The Bertz CT molecular complexity index is 405. The summed E-state index contributed by atoms with van der Waals surface area (Å²) >= 11 is 0. The molecule has 86 valence electrons. The van der Waals surface area contributed by atoms with Crippen molar-refractivity contribution in [2.24, 2.45) is 5.73 Å². The lowest BCUT2D eigenvalue weighted by molar-refractivity contribution is -0.155. The van der Waals surface area contributed by atoms with Crippen LogP contribution in [0, 0.1) is 0 Å². The zero-order chi connectivity index (χ0) is 11.6. The Hall–Kier alpha value is -1.55. The largest absolute Gasteiger partial charge is 0.497 e. The molecule has 0 unspecified atom stereocenters. The average molecular weight is 221 g/mol. The van der Waals surface area contributed by atoms with Crippen molar-refractivity contribution in [3.05, 3.63) is 29.8 Å². The molecule has 1 aromatic carbocycles. The Morgan fingerprint density at radius 2 is 2.31 bits per heavy atom. The highest BCUT2D eigenvalue weighted by Gasteiger charge is 2.40. The average Bonchev–Trinajstić information content (AvgIpc) is 2.33. The van der Waals surface area contributed by atoms with Gasteiger partial charge in [0.05, 0.1) is 13.7 Å². The van der Waals surface area contributed by atoms with Gasteiger partial charge in [-0.15, -0.1) is 0 Å². The van der Waals surface area contributed by atoms with Crippen molar-refractivity contribution < 1.29 is 14.3 Å². The predicted molar refractivity (Wildman–Crippen MR) is 59.1 cm³/mol. The fourth-order valence-electron chi connectivity index (χ4n) is 1.91. The lowest BCUT2D eigenvalue weighted by Crippen LogP contribution is -2.48. The van der Waals surface area contributed by atoms with Gasteiger partial charge in [-0.3, -0.25) is 0 Å². The summed E-state index contributed by atoms with van der Waals surface area (Å²) in [6.07, 6.45) is 1.40. The van der Waals surface area contributed by atoms with E-state index in [2.05, 4.69) is 0 Å². The van der Waals surface area contributed by atoms with E-state index in [1.807, 2.05) is 18.2 Å². The van der Waals surface area contributed by atoms with Gasteiger partial charge in [-0.2, -0.15) is 0 Å². The summed E-state index contributed by atoms with van der Waals surface area (Å²) in [4.78, 5) is 11.7. The number of esters is 1. The fraction of sp³-hybridized carbons (Fsp3) is 0.417. The summed E-state index contributed by atoms with van der Waals surface area (Å²) in [7, 11) is 1.58. The summed E-state index contributed by atoms with van der Waals surface area (Å²) < 4.78 is 10.1. The van der Waals surface area contributed by atoms with Gasteiger partial charge >= 0.3 is 5.97 Å². The summed E-state index contributed by atoms with van der Waals surface area (Å²) in [6.45, 7) is 0.460. The quantitative estimate of drug-likeness (QED) is 0.762. The molecule has 2 rings (SSSR count). The Morgan fingerprint density at radius 1 is 1.50 bits per heavy atom. The van der Waals surface area contributed by atoms with E-state index in [0.717, 1.165) is 12.0 Å². The van der Waals surface area contributed by atoms with Gasteiger partial charge in [-0.05, 0) is 30.5 Å². The van der Waals surface area contributed by atoms with E-state index in [1.54, 1.807) is 13.2 Å². The molecule has 1 aliphatic heterocycles. The van der Waals surface area contributed by atoms with Crippen molar-refractivity contribution in [3.8, 4) is 5.75 Å². The molecule has 0 spiro atoms. The van der Waals surface area contributed by atoms with E-state index in [1.165, 1.54) is 0 Å². The zero-order valence-electron chi connectivity index (χ0n) is 9.23. The van der Waals surface area contributed by atoms with Crippen LogP contribution in [0.4, 0.5) is 0 Å². The number of carbonyl (C=O) groups is 1. The van der Waals surface area contributed by atoms with Crippen molar-refractivity contribution in [2.75, 3.05) is 13.7 Å². The summed E-state index contributed by atoms with van der Waals surface area (Å²) in [5.41, 5.74) is 5.84. The summed E-state index contributed by atoms with van der Waals surface area (Å²) in [6, 6.07) is 7.26. The minimum Gasteiger partial charge on any atom is -0.497 e. The van der Waals surface area contributed by atoms with Gasteiger partial charge in [0, 0.05) is 0 Å². The molecule has 1 aromatic rings. The topological polar surface area (TPSA) is 61.6 Å². The first kappa shape index (κ1) is 11.0. The van der Waals surface area contributed by atoms with Crippen LogP contribution < -0.4 is 10.5 Å². The first-order valence-corrected chi connectivity index (χ1v) is 5.27. The molecule has 0 saturated carbocycles. The van der Waals surface area contributed by atoms with Crippen LogP contribution in [0.1, 0.15) is 18.4 Å². The lowest BCUT2D eigenvalue weighted by Gasteiger charge is -2.31. The molecule has 1 heterocycles. The molecule has 4 heteroatoms. The number of nitrogens with two attached hydrogens (primary N) is 1. The number of rotatable bonds is 2. The Labute approximate surface area is 94.3 Å². The zero-order valence-corrected chi connectivity index (χ0v) is 9.23. The predicted octanol–water partition coefficient (Wildman–Crippen LogP) is 1.19. The maximum absolute atomic E-state index is 11.7. The Balaban J connectivity index is 2.37. The van der Waals surface area contributed by atoms with Crippen molar-refractivity contribution >= 4 is 5.97 Å². The number of ether oxygens (including phenoxy) is 2. The van der Waals surface area contributed by atoms with Crippen LogP contribution in [0.2, 0.25) is 0 Å². The molecule has 0 aliphatic carbocycles. The van der Waals surface area contributed by atoms with Gasteiger partial charge in [0.2, 0.25) is 0 Å². The minimum atomic E-state index is -1.02. The first-order chi connectivity index (χ1) is 7.66. The molecular weight excluding hydrogens is 206 g/mol. The SMILES string of the molecule is COc1cccc([C@@]2(N)CCCOC2=O)c1. The van der Waals surface area contributed by atoms with E-state index in [0.29, 0.717) is 18.8 Å². The monoisotopic (exact) mass is 221 g/mol. The van der Waals surface area contributed by atoms with Gasteiger partial charge < -0.3 is 15.2 Å². The number of cyclic esters (lactones) is 1. The minimum absolute atomic E-state index is 0.355. The Kier molecular flexibility index (Phi) is 2.83. The number of hydrogen-bond acceptors (Lipinski definition) is 4. The van der Waals surface area contributed by atoms with E-state index in [4.69, 9.17) is 15.2 Å². The fourth-order valence-corrected chi connectivity index (χ4v) is 1.91. The van der Waals surface area contributed by atoms with Gasteiger partial charge in [0.15, 0.2) is 0 Å². The molecule has 1 saturated heterocycles. The van der Waals surface area contributed by atoms with Crippen LogP contribution in [-0.2, 0) is 15.1 Å². The maximum atomic E-state index is 11.7. The van der Waals surface area contributed by atoms with Crippen LogP contribution in [0.3, 0.4) is 0 Å². The van der Waals surface area contributed by atoms with Crippen LogP contribution in [0.5, 0.6) is 5.75 Å². The van der Waals surface area contributed by atoms with Gasteiger partial charge in [0.25, 0.3) is 0 Å². The smallest absolute Gasteiger partial charge is 0.330 e. The van der Waals surface area contributed by atoms with E-state index >= 15 is 0 Å². The molecule has 2 N–H and O–H groups in total. The van der Waals surface area contributed by atoms with E-state index < -0.39 is 5.54 Å². The van der Waals surface area contributed by atoms with Crippen LogP contribution in [-0.4, -0.2) is 19.7 Å². The van der Waals surface area contributed by atoms with Crippen molar-refractivity contribution in [1.29, 1.82) is 0 Å². The molecule has 1 aliphatic rings. The Morgan fingerprint density at radius 3 is 3.00 bits per heavy atom. The molecule has 16 heavy (non-hydrogen) atoms. The second kappa shape index (κ2) is 4.14. The number of carbonyl (C=O) groups excluding carboxylic acids is 1. The second-order valence-corrected chi connectivity index (χ2v) is 3.94. The lowest BCUT2D eigenvalue weighted by atomic mass is 9.85. The number of methoxy groups -OCH3 is 1. The van der Waals surface area contributed by atoms with Crippen molar-refractivity contribution in [2.45, 2.75) is 18.4 Å². The molecule has 1 fully saturated rings. The van der Waals surface area contributed by atoms with Crippen LogP contribution in [0.15, 0.2) is 24.3 Å². The second-order valence-electron chi connectivity index (χ2n) is 3.94. The highest BCUT2D eigenvalue weighted by atomic mass is 16.5. The van der Waals surface area contributed by atoms with Gasteiger partial charge in [-0.25, -0.2) is 4.79 Å². The number of hydrogen-bond donors (Lipinski definition) is 1. The highest BCUT2D eigenvalue weighted by molar-refractivity contribution is 5.83. The molecule has 0 aromatic heterocycles. The molecular formula is C12H15NO3. The number of benzene rings is 1. The van der Waals surface area contributed by atoms with E-state index in [-0.39, 0.29) is 5.97 Å². The molecule has 1 atom stereocenters. The van der Waals surface area contributed by atoms with E-state index in [9.17, 15) is 4.79 Å². The maximum Gasteiger partial charge on any atom is 0.330 e. The molecule has 0 amide bonds. The van der Waals surface area contributed by atoms with Crippen LogP contribution in [0.25, 0.3) is 0 Å². The summed E-state index contributed by atoms with van der Waals surface area (Å²) in [5, 5.41) is 0. The highest BCUT2D eigenvalue weighted by Crippen LogP contribution is 2.30.